The van der Waals surface area contributed by atoms with Gasteiger partial charge in [0.1, 0.15) is 0 Å². The zero-order valence-corrected chi connectivity index (χ0v) is 19.7. The van der Waals surface area contributed by atoms with Crippen molar-refractivity contribution in [2.24, 2.45) is 5.92 Å². The highest BCUT2D eigenvalue weighted by Crippen LogP contribution is 2.25. The van der Waals surface area contributed by atoms with E-state index in [1.165, 1.54) is 12.8 Å². The number of rotatable bonds is 9. The van der Waals surface area contributed by atoms with E-state index in [9.17, 15) is 0 Å². The van der Waals surface area contributed by atoms with Crippen LogP contribution in [0.25, 0.3) is 0 Å². The summed E-state index contributed by atoms with van der Waals surface area (Å²) >= 11 is 0. The molecule has 1 rings (SSSR count). The third kappa shape index (κ3) is 8.42. The second-order valence-electron chi connectivity index (χ2n) is 9.01. The van der Waals surface area contributed by atoms with Crippen molar-refractivity contribution < 1.29 is 8.23 Å². The van der Waals surface area contributed by atoms with Gasteiger partial charge in [0.15, 0.2) is 16.6 Å². The summed E-state index contributed by atoms with van der Waals surface area (Å²) in [6, 6.07) is 0. The van der Waals surface area contributed by atoms with Crippen LogP contribution >= 0.6 is 0 Å². The second-order valence-corrected chi connectivity index (χ2v) is 21.8. The minimum Gasteiger partial charge on any atom is -0.436 e. The molecule has 7 heteroatoms. The Labute approximate surface area is 147 Å². The molecule has 0 aromatic carbocycles. The van der Waals surface area contributed by atoms with Crippen molar-refractivity contribution in [1.82, 2.24) is 10.6 Å². The lowest BCUT2D eigenvalue weighted by Gasteiger charge is -2.43. The van der Waals surface area contributed by atoms with Gasteiger partial charge >= 0.3 is 8.56 Å². The van der Waals surface area contributed by atoms with Crippen LogP contribution in [0.2, 0.25) is 45.8 Å². The fourth-order valence-corrected chi connectivity index (χ4v) is 16.1. The summed E-state index contributed by atoms with van der Waals surface area (Å²) in [5.41, 5.74) is 0.385. The quantitative estimate of drug-likeness (QED) is 0.603. The smallest absolute Gasteiger partial charge is 0.331 e. The molecule has 0 spiro atoms. The van der Waals surface area contributed by atoms with E-state index in [-0.39, 0.29) is 0 Å². The Morgan fingerprint density at radius 3 is 1.83 bits per heavy atom. The van der Waals surface area contributed by atoms with Gasteiger partial charge < -0.3 is 18.9 Å². The van der Waals surface area contributed by atoms with E-state index in [2.05, 4.69) is 63.4 Å². The van der Waals surface area contributed by atoms with Gasteiger partial charge in [0, 0.05) is 5.67 Å². The molecule has 1 fully saturated rings. The summed E-state index contributed by atoms with van der Waals surface area (Å²) in [4.78, 5) is 0. The number of hydrogen-bond acceptors (Lipinski definition) is 4. The Bertz CT molecular complexity index is 334. The topological polar surface area (TPSA) is 42.5 Å². The molecule has 23 heavy (non-hydrogen) atoms. The van der Waals surface area contributed by atoms with Crippen LogP contribution in [0.5, 0.6) is 0 Å². The standard InChI is InChI=1S/C16H40N2O2Si3/c1-9-16(18-14-15-10-12-17-13-11-15)23(8,19-21(2,3)4)20-22(5,6)7/h15-18H,9-14H2,1-8H3. The molecule has 0 bridgehead atoms. The summed E-state index contributed by atoms with van der Waals surface area (Å²) in [7, 11) is -5.50. The number of piperidine rings is 1. The highest BCUT2D eigenvalue weighted by atomic mass is 28.5. The summed E-state index contributed by atoms with van der Waals surface area (Å²) in [6.45, 7) is 21.7. The predicted octanol–water partition coefficient (Wildman–Crippen LogP) is 3.67. The van der Waals surface area contributed by atoms with E-state index in [0.717, 1.165) is 32.0 Å². The van der Waals surface area contributed by atoms with Crippen molar-refractivity contribution in [1.29, 1.82) is 0 Å². The summed E-state index contributed by atoms with van der Waals surface area (Å²) in [5, 5.41) is 7.30. The first-order valence-electron chi connectivity index (χ1n) is 9.29. The minimum absolute atomic E-state index is 0.385. The first kappa shape index (κ1) is 21.5. The Morgan fingerprint density at radius 2 is 1.43 bits per heavy atom. The van der Waals surface area contributed by atoms with Crippen LogP contribution in [0, 0.1) is 5.92 Å². The predicted molar refractivity (Wildman–Crippen MR) is 108 cm³/mol. The van der Waals surface area contributed by atoms with Crippen LogP contribution in [0.3, 0.4) is 0 Å². The van der Waals surface area contributed by atoms with Gasteiger partial charge in [0.2, 0.25) is 0 Å². The molecule has 1 unspecified atom stereocenters. The molecule has 1 saturated heterocycles. The molecule has 1 aliphatic rings. The zero-order chi connectivity index (χ0) is 17.7. The lowest BCUT2D eigenvalue weighted by atomic mass is 9.98. The average Bonchev–Trinajstić information content (AvgIpc) is 2.35. The molecular weight excluding hydrogens is 336 g/mol. The molecule has 1 aliphatic heterocycles. The molecule has 0 aromatic rings. The normalized spacial score (nSPS) is 19.8. The SMILES string of the molecule is CCC(NCC1CCNCC1)[Si](C)(O[Si](C)(C)C)O[Si](C)(C)C. The highest BCUT2D eigenvalue weighted by molar-refractivity contribution is 6.88. The molecule has 0 saturated carbocycles. The van der Waals surface area contributed by atoms with Crippen LogP contribution in [0.15, 0.2) is 0 Å². The molecular formula is C16H40N2O2Si3. The van der Waals surface area contributed by atoms with Gasteiger partial charge in [0.05, 0.1) is 0 Å². The third-order valence-electron chi connectivity index (χ3n) is 4.17. The van der Waals surface area contributed by atoms with E-state index in [4.69, 9.17) is 8.23 Å². The maximum absolute atomic E-state index is 6.71. The van der Waals surface area contributed by atoms with Crippen molar-refractivity contribution in [3.05, 3.63) is 0 Å². The van der Waals surface area contributed by atoms with Gasteiger partial charge in [-0.1, -0.05) is 6.92 Å². The summed E-state index contributed by atoms with van der Waals surface area (Å²) in [6.07, 6.45) is 3.65. The molecule has 1 heterocycles. The molecule has 0 radical (unpaired) electrons. The maximum atomic E-state index is 6.71. The molecule has 2 N–H and O–H groups in total. The zero-order valence-electron chi connectivity index (χ0n) is 16.7. The van der Waals surface area contributed by atoms with E-state index < -0.39 is 25.2 Å². The van der Waals surface area contributed by atoms with Crippen LogP contribution in [0.4, 0.5) is 0 Å². The van der Waals surface area contributed by atoms with Gasteiger partial charge in [-0.05, 0) is 90.6 Å². The summed E-state index contributed by atoms with van der Waals surface area (Å²) in [5.74, 6) is 0.794. The molecule has 0 aromatic heterocycles. The van der Waals surface area contributed by atoms with Gasteiger partial charge in [-0.15, -0.1) is 0 Å². The molecule has 0 aliphatic carbocycles. The van der Waals surface area contributed by atoms with Crippen LogP contribution in [-0.4, -0.2) is 50.5 Å². The lowest BCUT2D eigenvalue weighted by molar-refractivity contribution is 0.315. The summed E-state index contributed by atoms with van der Waals surface area (Å²) < 4.78 is 13.4. The average molecular weight is 377 g/mol. The van der Waals surface area contributed by atoms with Crippen LogP contribution in [0.1, 0.15) is 26.2 Å². The van der Waals surface area contributed by atoms with E-state index in [1.807, 2.05) is 0 Å². The largest absolute Gasteiger partial charge is 0.436 e. The highest BCUT2D eigenvalue weighted by Gasteiger charge is 2.46. The van der Waals surface area contributed by atoms with Crippen LogP contribution < -0.4 is 10.6 Å². The first-order chi connectivity index (χ1) is 10.5. The monoisotopic (exact) mass is 376 g/mol. The van der Waals surface area contributed by atoms with E-state index >= 15 is 0 Å². The Balaban J connectivity index is 2.78. The van der Waals surface area contributed by atoms with E-state index in [0.29, 0.717) is 5.67 Å². The van der Waals surface area contributed by atoms with Crippen LogP contribution in [-0.2, 0) is 8.23 Å². The van der Waals surface area contributed by atoms with Crippen molar-refractivity contribution in [3.63, 3.8) is 0 Å². The Kier molecular flexibility index (Phi) is 8.17. The number of nitrogens with one attached hydrogen (secondary N) is 2. The first-order valence-corrected chi connectivity index (χ1v) is 18.5. The molecule has 138 valence electrons. The molecule has 0 amide bonds. The third-order valence-corrected chi connectivity index (χ3v) is 14.2. The second kappa shape index (κ2) is 8.73. The van der Waals surface area contributed by atoms with Crippen molar-refractivity contribution >= 4 is 25.2 Å². The van der Waals surface area contributed by atoms with Gasteiger partial charge in [-0.2, -0.15) is 0 Å². The van der Waals surface area contributed by atoms with Crippen molar-refractivity contribution in [2.45, 2.75) is 77.7 Å². The van der Waals surface area contributed by atoms with Crippen molar-refractivity contribution in [3.8, 4) is 0 Å². The van der Waals surface area contributed by atoms with Gasteiger partial charge in [-0.3, -0.25) is 0 Å². The lowest BCUT2D eigenvalue weighted by Crippen LogP contribution is -2.64. The number of hydrogen-bond donors (Lipinski definition) is 2. The molecule has 1 atom stereocenters. The Morgan fingerprint density at radius 1 is 0.957 bits per heavy atom. The Hall–Kier alpha value is 0.491. The van der Waals surface area contributed by atoms with Gasteiger partial charge in [-0.25, -0.2) is 0 Å². The molecule has 4 nitrogen and oxygen atoms in total. The minimum atomic E-state index is -2.24. The van der Waals surface area contributed by atoms with E-state index in [1.54, 1.807) is 0 Å². The maximum Gasteiger partial charge on any atom is 0.331 e. The van der Waals surface area contributed by atoms with Crippen molar-refractivity contribution in [2.75, 3.05) is 19.6 Å². The fraction of sp³-hybridized carbons (Fsp3) is 1.00. The fourth-order valence-electron chi connectivity index (χ4n) is 3.47. The van der Waals surface area contributed by atoms with Gasteiger partial charge in [0.25, 0.3) is 0 Å².